The molecule has 3 heterocycles. The highest BCUT2D eigenvalue weighted by molar-refractivity contribution is 6.03. The fraction of sp³-hybridized carbons (Fsp3) is 0.368. The summed E-state index contributed by atoms with van der Waals surface area (Å²) < 4.78 is 1.84. The van der Waals surface area contributed by atoms with Crippen LogP contribution in [0.15, 0.2) is 36.5 Å². The molecule has 1 aromatic heterocycles. The van der Waals surface area contributed by atoms with Gasteiger partial charge >= 0.3 is 6.03 Å². The largest absolute Gasteiger partial charge is 0.329 e. The van der Waals surface area contributed by atoms with Crippen molar-refractivity contribution in [2.45, 2.75) is 25.4 Å². The van der Waals surface area contributed by atoms with E-state index in [1.807, 2.05) is 10.9 Å². The minimum absolute atomic E-state index is 0.0223. The maximum absolute atomic E-state index is 12.5. The number of hydrogen-bond donors (Lipinski definition) is 3. The molecule has 1 aromatic carbocycles. The van der Waals surface area contributed by atoms with Crippen LogP contribution in [-0.4, -0.2) is 52.2 Å². The third-order valence-corrected chi connectivity index (χ3v) is 4.95. The summed E-state index contributed by atoms with van der Waals surface area (Å²) in [6, 6.07) is 8.66. The number of rotatable bonds is 5. The summed E-state index contributed by atoms with van der Waals surface area (Å²) in [5, 5.41) is 13.1. The third-order valence-electron chi connectivity index (χ3n) is 4.95. The molecule has 4 amide bonds. The summed E-state index contributed by atoms with van der Waals surface area (Å²) in [4.78, 5) is 37.1. The number of carbonyl (C=O) groups excluding carboxylic acids is 3. The summed E-state index contributed by atoms with van der Waals surface area (Å²) in [6.45, 7) is 2.06. The Labute approximate surface area is 162 Å². The molecular weight excluding hydrogens is 360 g/mol. The van der Waals surface area contributed by atoms with Crippen LogP contribution in [0.4, 0.5) is 10.5 Å². The molecule has 0 spiro atoms. The Morgan fingerprint density at radius 2 is 2.18 bits per heavy atom. The van der Waals surface area contributed by atoms with Crippen LogP contribution in [0.1, 0.15) is 34.9 Å². The lowest BCUT2D eigenvalue weighted by Crippen LogP contribution is -2.32. The van der Waals surface area contributed by atoms with Crippen LogP contribution in [0.3, 0.4) is 0 Å². The molecule has 0 saturated carbocycles. The average Bonchev–Trinajstić information content (AvgIpc) is 3.32. The van der Waals surface area contributed by atoms with Gasteiger partial charge in [-0.1, -0.05) is 12.1 Å². The summed E-state index contributed by atoms with van der Waals surface area (Å²) in [5.41, 5.74) is 1.69. The van der Waals surface area contributed by atoms with Gasteiger partial charge in [0.1, 0.15) is 0 Å². The Morgan fingerprint density at radius 3 is 2.93 bits per heavy atom. The maximum Gasteiger partial charge on any atom is 0.324 e. The molecular formula is C19H22N6O3. The molecule has 28 heavy (non-hydrogen) atoms. The fourth-order valence-electron chi connectivity index (χ4n) is 3.46. The van der Waals surface area contributed by atoms with E-state index >= 15 is 0 Å². The Morgan fingerprint density at radius 1 is 1.29 bits per heavy atom. The molecule has 1 unspecified atom stereocenters. The van der Waals surface area contributed by atoms with Gasteiger partial charge in [0, 0.05) is 18.4 Å². The van der Waals surface area contributed by atoms with Crippen molar-refractivity contribution in [2.75, 3.05) is 25.0 Å². The van der Waals surface area contributed by atoms with Crippen LogP contribution in [0.25, 0.3) is 0 Å². The second-order valence-electron chi connectivity index (χ2n) is 6.97. The summed E-state index contributed by atoms with van der Waals surface area (Å²) in [6.07, 6.45) is 3.97. The zero-order valence-electron chi connectivity index (χ0n) is 15.4. The molecule has 0 radical (unpaired) electrons. The monoisotopic (exact) mass is 382 g/mol. The van der Waals surface area contributed by atoms with Crippen LogP contribution in [-0.2, 0) is 11.3 Å². The quantitative estimate of drug-likeness (QED) is 0.672. The second kappa shape index (κ2) is 7.81. The van der Waals surface area contributed by atoms with Crippen molar-refractivity contribution < 1.29 is 14.4 Å². The van der Waals surface area contributed by atoms with E-state index in [1.165, 1.54) is 0 Å². The number of carbonyl (C=O) groups is 3. The number of amides is 4. The van der Waals surface area contributed by atoms with E-state index in [-0.39, 0.29) is 30.9 Å². The second-order valence-corrected chi connectivity index (χ2v) is 6.97. The first-order valence-corrected chi connectivity index (χ1v) is 9.34. The number of nitrogens with zero attached hydrogens (tertiary/aromatic N) is 3. The number of nitrogens with one attached hydrogen (secondary N) is 3. The number of benzene rings is 1. The van der Waals surface area contributed by atoms with E-state index in [4.69, 9.17) is 0 Å². The maximum atomic E-state index is 12.5. The minimum atomic E-state index is -0.401. The lowest BCUT2D eigenvalue weighted by atomic mass is 10.1. The molecule has 0 bridgehead atoms. The van der Waals surface area contributed by atoms with Gasteiger partial charge in [0.25, 0.3) is 5.91 Å². The van der Waals surface area contributed by atoms with Gasteiger partial charge in [0.15, 0.2) is 5.69 Å². The third kappa shape index (κ3) is 3.89. The van der Waals surface area contributed by atoms with Crippen molar-refractivity contribution in [1.29, 1.82) is 0 Å². The number of hydrogen-bond acceptors (Lipinski definition) is 5. The highest BCUT2D eigenvalue weighted by Gasteiger charge is 2.28. The van der Waals surface area contributed by atoms with Crippen molar-refractivity contribution in [1.82, 2.24) is 25.3 Å². The van der Waals surface area contributed by atoms with E-state index in [1.54, 1.807) is 30.3 Å². The number of imide groups is 1. The average molecular weight is 382 g/mol. The fourth-order valence-corrected chi connectivity index (χ4v) is 3.46. The van der Waals surface area contributed by atoms with Crippen LogP contribution < -0.4 is 16.0 Å². The zero-order chi connectivity index (χ0) is 19.5. The van der Waals surface area contributed by atoms with E-state index in [0.717, 1.165) is 36.4 Å². The molecule has 146 valence electrons. The Hall–Kier alpha value is -3.20. The molecule has 9 nitrogen and oxygen atoms in total. The van der Waals surface area contributed by atoms with Crippen LogP contribution in [0, 0.1) is 0 Å². The van der Waals surface area contributed by atoms with E-state index in [0.29, 0.717) is 11.4 Å². The zero-order valence-corrected chi connectivity index (χ0v) is 15.4. The molecule has 2 aliphatic heterocycles. The number of anilines is 1. The van der Waals surface area contributed by atoms with Crippen molar-refractivity contribution in [2.24, 2.45) is 0 Å². The number of urea groups is 1. The lowest BCUT2D eigenvalue weighted by Gasteiger charge is -2.22. The molecule has 0 aliphatic carbocycles. The Kier molecular flexibility index (Phi) is 5.07. The predicted molar refractivity (Wildman–Crippen MR) is 102 cm³/mol. The van der Waals surface area contributed by atoms with Crippen molar-refractivity contribution >= 4 is 23.5 Å². The topological polar surface area (TPSA) is 108 Å². The number of aromatic nitrogens is 2. The molecule has 2 fully saturated rings. The molecule has 4 rings (SSSR count). The Bertz CT molecular complexity index is 887. The van der Waals surface area contributed by atoms with Gasteiger partial charge in [-0.15, -0.1) is 0 Å². The van der Waals surface area contributed by atoms with Crippen LogP contribution in [0.5, 0.6) is 0 Å². The van der Waals surface area contributed by atoms with Gasteiger partial charge in [-0.3, -0.25) is 19.2 Å². The Balaban J connectivity index is 1.41. The molecule has 2 aliphatic rings. The first-order valence-electron chi connectivity index (χ1n) is 9.34. The van der Waals surface area contributed by atoms with Gasteiger partial charge in [-0.2, -0.15) is 5.10 Å². The molecule has 3 N–H and O–H groups in total. The summed E-state index contributed by atoms with van der Waals surface area (Å²) in [7, 11) is 0. The van der Waals surface area contributed by atoms with E-state index in [9.17, 15) is 14.4 Å². The van der Waals surface area contributed by atoms with Gasteiger partial charge < -0.3 is 16.0 Å². The first kappa shape index (κ1) is 18.2. The lowest BCUT2D eigenvalue weighted by molar-refractivity contribution is -0.125. The smallest absolute Gasteiger partial charge is 0.324 e. The summed E-state index contributed by atoms with van der Waals surface area (Å²) in [5.74, 6) is -0.558. The normalized spacial score (nSPS) is 19.6. The molecule has 1 atom stereocenters. The number of piperidine rings is 1. The van der Waals surface area contributed by atoms with Gasteiger partial charge in [0.05, 0.1) is 19.1 Å². The van der Waals surface area contributed by atoms with Crippen molar-refractivity contribution in [3.63, 3.8) is 0 Å². The first-order chi connectivity index (χ1) is 13.6. The van der Waals surface area contributed by atoms with E-state index in [2.05, 4.69) is 21.0 Å². The predicted octanol–water partition coefficient (Wildman–Crippen LogP) is 1.11. The molecule has 9 heteroatoms. The van der Waals surface area contributed by atoms with Gasteiger partial charge in [0.2, 0.25) is 5.91 Å². The van der Waals surface area contributed by atoms with E-state index < -0.39 is 6.03 Å². The molecule has 2 saturated heterocycles. The SMILES string of the molecule is O=C(Nc1cccc(CN2C(=O)CNC2=O)c1)c1ccn(C2CCCNC2)n1. The molecule has 2 aromatic rings. The summed E-state index contributed by atoms with van der Waals surface area (Å²) >= 11 is 0. The highest BCUT2D eigenvalue weighted by Crippen LogP contribution is 2.17. The standard InChI is InChI=1S/C19H22N6O3/c26-17-11-21-19(28)24(17)12-13-3-1-4-14(9-13)22-18(27)16-6-8-25(23-16)15-5-2-7-20-10-15/h1,3-4,6,8-9,15,20H,2,5,7,10-12H2,(H,21,28)(H,22,27). The highest BCUT2D eigenvalue weighted by atomic mass is 16.2. The minimum Gasteiger partial charge on any atom is -0.329 e. The van der Waals surface area contributed by atoms with Gasteiger partial charge in [-0.25, -0.2) is 4.79 Å². The van der Waals surface area contributed by atoms with Crippen LogP contribution >= 0.6 is 0 Å². The van der Waals surface area contributed by atoms with Crippen LogP contribution in [0.2, 0.25) is 0 Å². The van der Waals surface area contributed by atoms with Crippen molar-refractivity contribution in [3.8, 4) is 0 Å². The van der Waals surface area contributed by atoms with Crippen molar-refractivity contribution in [3.05, 3.63) is 47.8 Å². The van der Waals surface area contributed by atoms with Gasteiger partial charge in [-0.05, 0) is 43.1 Å².